The van der Waals surface area contributed by atoms with Crippen molar-refractivity contribution >= 4 is 0 Å². The fourth-order valence-corrected chi connectivity index (χ4v) is 41.8. The van der Waals surface area contributed by atoms with E-state index in [0.717, 1.165) is 162 Å². The van der Waals surface area contributed by atoms with Crippen LogP contribution < -0.4 is 0 Å². The fourth-order valence-electron chi connectivity index (χ4n) is 41.8. The van der Waals surface area contributed by atoms with Crippen LogP contribution in [0.4, 0.5) is 0 Å². The van der Waals surface area contributed by atoms with E-state index >= 15 is 0 Å². The lowest BCUT2D eigenvalue weighted by atomic mass is 9.43. The van der Waals surface area contributed by atoms with E-state index < -0.39 is 0 Å². The van der Waals surface area contributed by atoms with Crippen LogP contribution in [-0.4, -0.2) is 0 Å². The van der Waals surface area contributed by atoms with Crippen molar-refractivity contribution in [2.24, 2.45) is 211 Å². The third-order valence-electron chi connectivity index (χ3n) is 45.2. The van der Waals surface area contributed by atoms with Gasteiger partial charge in [0.1, 0.15) is 0 Å². The molecule has 24 rings (SSSR count). The van der Waals surface area contributed by atoms with Gasteiger partial charge < -0.3 is 0 Å². The average molecular weight is 1900 g/mol. The second-order valence-electron chi connectivity index (χ2n) is 69.5. The van der Waals surface area contributed by atoms with E-state index in [2.05, 4.69) is 187 Å². The van der Waals surface area contributed by atoms with Crippen LogP contribution in [-0.2, 0) is 0 Å². The Morgan fingerprint density at radius 3 is 0.810 bits per heavy atom. The summed E-state index contributed by atoms with van der Waals surface area (Å²) in [5.74, 6) is 23.2. The van der Waals surface area contributed by atoms with Crippen molar-refractivity contribution in [2.75, 3.05) is 0 Å². The Bertz CT molecular complexity index is 3390. The van der Waals surface area contributed by atoms with Gasteiger partial charge >= 0.3 is 0 Å². The molecule has 24 saturated carbocycles. The highest BCUT2D eigenvalue weighted by atomic mass is 14.6. The van der Waals surface area contributed by atoms with E-state index in [1.165, 1.54) is 199 Å². The topological polar surface area (TPSA) is 0 Å². The predicted molar refractivity (Wildman–Crippen MR) is 602 cm³/mol. The highest BCUT2D eigenvalue weighted by Gasteiger charge is 2.59. The van der Waals surface area contributed by atoms with Crippen LogP contribution >= 0.6 is 0 Å². The third kappa shape index (κ3) is 33.7. The second kappa shape index (κ2) is 46.1. The minimum Gasteiger partial charge on any atom is -0.0602 e. The molecular formula is C137H248. The monoisotopic (exact) mass is 1890 g/mol. The van der Waals surface area contributed by atoms with Gasteiger partial charge in [0.15, 0.2) is 0 Å². The van der Waals surface area contributed by atoms with E-state index in [1.807, 2.05) is 0 Å². The van der Waals surface area contributed by atoms with E-state index in [-0.39, 0.29) is 0 Å². The van der Waals surface area contributed by atoms with Gasteiger partial charge in [-0.2, -0.15) is 0 Å². The predicted octanol–water partition coefficient (Wildman–Crippen LogP) is 44.9. The number of hydrogen-bond donors (Lipinski definition) is 0. The zero-order valence-corrected chi connectivity index (χ0v) is 98.7. The van der Waals surface area contributed by atoms with Crippen LogP contribution in [0.25, 0.3) is 0 Å². The maximum Gasteiger partial charge on any atom is -0.0238 e. The van der Waals surface area contributed by atoms with Gasteiger partial charge in [0.05, 0.1) is 0 Å². The Morgan fingerprint density at radius 1 is 0.168 bits per heavy atom. The van der Waals surface area contributed by atoms with E-state index in [0.29, 0.717) is 48.7 Å². The lowest BCUT2D eigenvalue weighted by Crippen LogP contribution is -2.51. The molecule has 24 aliphatic rings. The maximum atomic E-state index is 2.44. The SMILES string of the molecule is CC(C)(C)CC12CC3CC(CC(C3)C1)C2.CC(C)(C)CC1C2CC3CC(C2)CC1C3.CC(C)(C)CC1CC2C3CCC(C3)C2C1.CC(C)(C)CC1CC2CCCCC(C2)C1.CC(C)(C)CC1CCC2(CCC2)C1.CC(C)(C)CC1CCC2(CCCC2)C1.CC(C)(C)CC1CCC2(CCCC2)CC1.CC(C)(C)CC1CCC2(CCCCC2)CC1.CC(C)(C)CC1CCC23CCCCC2(CCCC3)C1. The van der Waals surface area contributed by atoms with Crippen molar-refractivity contribution in [2.45, 2.75) is 656 Å². The van der Waals surface area contributed by atoms with E-state index in [4.69, 9.17) is 0 Å². The maximum absolute atomic E-state index is 2.44. The molecule has 0 nitrogen and oxygen atoms in total. The van der Waals surface area contributed by atoms with Gasteiger partial charge in [0.2, 0.25) is 0 Å². The third-order valence-corrected chi connectivity index (χ3v) is 45.2. The van der Waals surface area contributed by atoms with Crippen molar-refractivity contribution in [1.29, 1.82) is 0 Å². The summed E-state index contributed by atoms with van der Waals surface area (Å²) in [6, 6.07) is 0. The summed E-state index contributed by atoms with van der Waals surface area (Å²) < 4.78 is 0. The Kier molecular flexibility index (Phi) is 37.9. The zero-order chi connectivity index (χ0) is 98.7. The van der Waals surface area contributed by atoms with E-state index in [1.54, 1.807) is 270 Å². The molecule has 0 radical (unpaired) electrons. The number of fused-ring (bicyclic) bond motifs is 7. The Labute approximate surface area is 860 Å². The molecule has 0 amide bonds. The molecule has 24 fully saturated rings. The lowest BCUT2D eigenvalue weighted by Gasteiger charge is -2.62. The van der Waals surface area contributed by atoms with Crippen LogP contribution in [0.1, 0.15) is 656 Å². The van der Waals surface area contributed by atoms with Gasteiger partial charge in [-0.1, -0.05) is 290 Å². The molecule has 0 N–H and O–H groups in total. The van der Waals surface area contributed by atoms with Crippen molar-refractivity contribution in [3.63, 3.8) is 0 Å². The largest absolute Gasteiger partial charge is 0.0602 e. The average Bonchev–Trinajstić information content (AvgIpc) is 1.31. The van der Waals surface area contributed by atoms with E-state index in [9.17, 15) is 0 Å². The number of rotatable bonds is 9. The Balaban J connectivity index is 0.000000123. The summed E-state index contributed by atoms with van der Waals surface area (Å²) >= 11 is 0. The zero-order valence-electron chi connectivity index (χ0n) is 98.7. The van der Waals surface area contributed by atoms with Gasteiger partial charge in [-0.05, 0) is 577 Å². The first-order valence-electron chi connectivity index (χ1n) is 63.9. The van der Waals surface area contributed by atoms with Crippen LogP contribution in [0.3, 0.4) is 0 Å². The fraction of sp³-hybridized carbons (Fsp3) is 1.00. The second-order valence-corrected chi connectivity index (χ2v) is 69.5. The minimum atomic E-state index is 0.532. The molecule has 0 aromatic rings. The summed E-state index contributed by atoms with van der Waals surface area (Å²) in [5, 5.41) is 0. The van der Waals surface area contributed by atoms with Crippen LogP contribution in [0.5, 0.6) is 0 Å². The van der Waals surface area contributed by atoms with Crippen LogP contribution in [0.15, 0.2) is 0 Å². The summed E-state index contributed by atoms with van der Waals surface area (Å²) in [6.45, 7) is 65.1. The van der Waals surface area contributed by atoms with Gasteiger partial charge in [-0.3, -0.25) is 0 Å². The molecule has 137 heavy (non-hydrogen) atoms. The standard InChI is InChI=1S/C19H34.C16H30.3C15H26.2C15H28.C14H26.C13H24/c1-17(2,3)14-16-8-13-18-9-4-6-11-19(18,15-16)12-7-5-10-18;1-15(2,3)13-14-7-11-16(12-8-14)9-5-4-6-10-16;1-14(2,3)10-15-7-11-4-12(8-15)6-13(5-11)9-15;1-15(2,3)9-14-12-5-10-4-11(7-12)8-13(14)6-10;1-15(2,3)9-10-6-13-11-4-5-12(8-11)14(13)7-10;1-14(2,3)12-13-6-10-15(11-7-13)8-4-5-9-15;1-15(2,3)11-14-9-12-6-4-5-7-13(8-12)10-14;1-13(2,3)10-12-6-9-14(11-12)7-4-5-8-14;1-12(2,3)9-11-5-8-13(10-11)6-4-7-13/h16H,4-15H2,1-3H3;14H,4-13H2,1-3H3;11-13H,4-10H2,1-3H3;2*10-14H,4-9H2,1-3H3;13H,4-12H2,1-3H3;12-14H,4-11H2,1-3H3;12H,4-11H2,1-3H3;11H,4-10H2,1-3H3. The van der Waals surface area contributed by atoms with Crippen LogP contribution in [0, 0.1) is 211 Å². The highest BCUT2D eigenvalue weighted by molar-refractivity contribution is 5.09. The first-order chi connectivity index (χ1) is 63.9. The van der Waals surface area contributed by atoms with Crippen molar-refractivity contribution < 1.29 is 0 Å². The quantitative estimate of drug-likeness (QED) is 0.216. The van der Waals surface area contributed by atoms with Gasteiger partial charge in [0.25, 0.3) is 0 Å². The molecule has 0 aromatic carbocycles. The van der Waals surface area contributed by atoms with Gasteiger partial charge in [-0.15, -0.1) is 0 Å². The molecule has 0 aromatic heterocycles. The molecule has 12 bridgehead atoms. The van der Waals surface area contributed by atoms with Crippen molar-refractivity contribution in [1.82, 2.24) is 0 Å². The summed E-state index contributed by atoms with van der Waals surface area (Å²) in [7, 11) is 0. The minimum absolute atomic E-state index is 0.532. The van der Waals surface area contributed by atoms with Crippen LogP contribution in [0.2, 0.25) is 0 Å². The van der Waals surface area contributed by atoms with Crippen molar-refractivity contribution in [3.05, 3.63) is 0 Å². The van der Waals surface area contributed by atoms with Gasteiger partial charge in [-0.25, -0.2) is 0 Å². The Morgan fingerprint density at radius 2 is 0.453 bits per heavy atom. The summed E-state index contributed by atoms with van der Waals surface area (Å²) in [5.41, 5.74) is 10.6. The molecule has 9 unspecified atom stereocenters. The summed E-state index contributed by atoms with van der Waals surface area (Å²) in [4.78, 5) is 0. The molecule has 0 saturated heterocycles. The molecule has 796 valence electrons. The highest BCUT2D eigenvalue weighted by Crippen LogP contribution is 2.70. The molecular weight excluding hydrogens is 1650 g/mol. The Hall–Kier alpha value is 0. The molecule has 0 heteroatoms. The molecule has 9 atom stereocenters. The molecule has 0 aliphatic heterocycles. The summed E-state index contributed by atoms with van der Waals surface area (Å²) in [6.07, 6.45) is 113. The first-order valence-corrected chi connectivity index (χ1v) is 63.9. The molecule has 0 heterocycles. The lowest BCUT2D eigenvalue weighted by molar-refractivity contribution is -0.111. The smallest absolute Gasteiger partial charge is 0.0238 e. The van der Waals surface area contributed by atoms with Crippen molar-refractivity contribution in [3.8, 4) is 0 Å². The molecule has 24 aliphatic carbocycles. The first kappa shape index (κ1) is 113. The molecule has 4 spiro atoms. The van der Waals surface area contributed by atoms with Gasteiger partial charge in [0, 0.05) is 0 Å². The number of hydrogen-bond acceptors (Lipinski definition) is 0. The normalized spacial score (nSPS) is 38.9.